The van der Waals surface area contributed by atoms with Gasteiger partial charge in [0.25, 0.3) is 0 Å². The monoisotopic (exact) mass is 238 g/mol. The molecule has 0 aromatic heterocycles. The topological polar surface area (TPSA) is 49.7 Å². The molecule has 1 fully saturated rings. The third-order valence-electron chi connectivity index (χ3n) is 3.44. The highest BCUT2D eigenvalue weighted by molar-refractivity contribution is 8.12. The predicted octanol–water partition coefficient (Wildman–Crippen LogP) is 1.62. The van der Waals surface area contributed by atoms with E-state index in [9.17, 15) is 8.42 Å². The van der Waals surface area contributed by atoms with Crippen LogP contribution in [0.1, 0.15) is 27.7 Å². The van der Waals surface area contributed by atoms with Crippen LogP contribution in [-0.4, -0.2) is 31.7 Å². The number of amidine groups is 1. The van der Waals surface area contributed by atoms with Gasteiger partial charge in [0, 0.05) is 28.7 Å². The van der Waals surface area contributed by atoms with E-state index < -0.39 is 9.24 Å². The zero-order valence-electron chi connectivity index (χ0n) is 9.00. The van der Waals surface area contributed by atoms with E-state index in [0.717, 1.165) is 0 Å². The predicted molar refractivity (Wildman–Crippen MR) is 57.8 cm³/mol. The Kier molecular flexibility index (Phi) is 2.40. The molecule has 4 nitrogen and oxygen atoms in total. The second-order valence-corrected chi connectivity index (χ2v) is 6.75. The lowest BCUT2D eigenvalue weighted by atomic mass is 9.64. The largest absolute Gasteiger partial charge is 0.356 e. The molecule has 0 aliphatic carbocycles. The maximum Gasteiger partial charge on any atom is 0.341 e. The van der Waals surface area contributed by atoms with E-state index in [1.165, 1.54) is 0 Å². The first-order valence-corrected chi connectivity index (χ1v) is 6.55. The minimum Gasteiger partial charge on any atom is -0.356 e. The quantitative estimate of drug-likeness (QED) is 0.653. The summed E-state index contributed by atoms with van der Waals surface area (Å²) < 4.78 is 25.2. The van der Waals surface area contributed by atoms with E-state index in [2.05, 4.69) is 4.40 Å². The summed E-state index contributed by atoms with van der Waals surface area (Å²) in [4.78, 5) is 1.83. The molecule has 1 rings (SSSR count). The molecule has 82 valence electrons. The number of nitrogens with zero attached hydrogens (tertiary/aromatic N) is 2. The van der Waals surface area contributed by atoms with Crippen LogP contribution >= 0.6 is 10.7 Å². The van der Waals surface area contributed by atoms with Crippen molar-refractivity contribution in [2.45, 2.75) is 33.2 Å². The van der Waals surface area contributed by atoms with Gasteiger partial charge in [-0.05, 0) is 13.8 Å². The Morgan fingerprint density at radius 3 is 2.00 bits per heavy atom. The molecule has 0 spiro atoms. The molecule has 0 aromatic carbocycles. The van der Waals surface area contributed by atoms with Crippen molar-refractivity contribution in [2.75, 3.05) is 7.05 Å². The Labute approximate surface area is 89.5 Å². The standard InChI is InChI=1S/C8H15ClN2O2S/c1-7(2)6(10-14(9,12)13)11(5)8(7,3)4/h1-5H3/b10-6-. The lowest BCUT2D eigenvalue weighted by molar-refractivity contribution is 0.0490. The Hall–Kier alpha value is -0.290. The van der Waals surface area contributed by atoms with Crippen molar-refractivity contribution >= 4 is 25.8 Å². The van der Waals surface area contributed by atoms with E-state index in [-0.39, 0.29) is 11.0 Å². The lowest BCUT2D eigenvalue weighted by Gasteiger charge is -2.61. The van der Waals surface area contributed by atoms with Gasteiger partial charge in [0.15, 0.2) is 0 Å². The second kappa shape index (κ2) is 2.85. The van der Waals surface area contributed by atoms with Crippen molar-refractivity contribution in [1.82, 2.24) is 4.90 Å². The molecule has 1 saturated heterocycles. The molecule has 1 aliphatic rings. The summed E-state index contributed by atoms with van der Waals surface area (Å²) in [6.07, 6.45) is 0. The molecule has 0 unspecified atom stereocenters. The fraction of sp³-hybridized carbons (Fsp3) is 0.875. The summed E-state index contributed by atoms with van der Waals surface area (Å²) in [7, 11) is 3.08. The van der Waals surface area contributed by atoms with Crippen molar-refractivity contribution in [3.63, 3.8) is 0 Å². The number of rotatable bonds is 1. The Morgan fingerprint density at radius 2 is 1.71 bits per heavy atom. The van der Waals surface area contributed by atoms with E-state index >= 15 is 0 Å². The fourth-order valence-corrected chi connectivity index (χ4v) is 2.36. The van der Waals surface area contributed by atoms with E-state index in [0.29, 0.717) is 5.84 Å². The Bertz CT molecular complexity index is 384. The smallest absolute Gasteiger partial charge is 0.341 e. The summed E-state index contributed by atoms with van der Waals surface area (Å²) in [5.41, 5.74) is -0.378. The highest BCUT2D eigenvalue weighted by atomic mass is 35.7. The van der Waals surface area contributed by atoms with Crippen LogP contribution < -0.4 is 0 Å². The SMILES string of the molecule is CN1/C(=N\S(=O)(=O)Cl)C(C)(C)C1(C)C. The van der Waals surface area contributed by atoms with Gasteiger partial charge in [-0.2, -0.15) is 8.42 Å². The third kappa shape index (κ3) is 1.52. The summed E-state index contributed by atoms with van der Waals surface area (Å²) in [6, 6.07) is 0. The number of hydrogen-bond acceptors (Lipinski definition) is 2. The molecular formula is C8H15ClN2O2S. The van der Waals surface area contributed by atoms with Crippen LogP contribution in [0.3, 0.4) is 0 Å². The number of likely N-dealkylation sites (tertiary alicyclic amines) is 1. The van der Waals surface area contributed by atoms with Crippen molar-refractivity contribution in [3.8, 4) is 0 Å². The van der Waals surface area contributed by atoms with Gasteiger partial charge in [-0.3, -0.25) is 0 Å². The molecule has 0 saturated carbocycles. The first-order chi connectivity index (χ1) is 6.00. The molecule has 0 amide bonds. The fourth-order valence-electron chi connectivity index (χ4n) is 1.60. The summed E-state index contributed by atoms with van der Waals surface area (Å²) in [5, 5.41) is 0. The Morgan fingerprint density at radius 1 is 1.29 bits per heavy atom. The first-order valence-electron chi connectivity index (χ1n) is 4.29. The molecule has 0 aromatic rings. The second-order valence-electron chi connectivity index (χ2n) is 4.57. The minimum absolute atomic E-state index is 0.104. The van der Waals surface area contributed by atoms with Crippen LogP contribution in [0.25, 0.3) is 0 Å². The average molecular weight is 239 g/mol. The van der Waals surface area contributed by atoms with Gasteiger partial charge in [-0.25, -0.2) is 0 Å². The van der Waals surface area contributed by atoms with Crippen molar-refractivity contribution < 1.29 is 8.42 Å². The molecule has 1 aliphatic heterocycles. The maximum absolute atomic E-state index is 10.8. The van der Waals surface area contributed by atoms with Gasteiger partial charge in [0.1, 0.15) is 5.84 Å². The van der Waals surface area contributed by atoms with E-state index in [1.54, 1.807) is 0 Å². The van der Waals surface area contributed by atoms with E-state index in [1.807, 2.05) is 39.6 Å². The van der Waals surface area contributed by atoms with Crippen LogP contribution in [0.4, 0.5) is 0 Å². The van der Waals surface area contributed by atoms with Crippen molar-refractivity contribution in [1.29, 1.82) is 0 Å². The van der Waals surface area contributed by atoms with Crippen LogP contribution in [0.2, 0.25) is 0 Å². The van der Waals surface area contributed by atoms with Gasteiger partial charge < -0.3 is 4.90 Å². The normalized spacial score (nSPS) is 27.6. The zero-order chi connectivity index (χ0) is 11.4. The average Bonchev–Trinajstić information content (AvgIpc) is 1.96. The van der Waals surface area contributed by atoms with Gasteiger partial charge in [-0.1, -0.05) is 13.8 Å². The third-order valence-corrected chi connectivity index (χ3v) is 4.04. The van der Waals surface area contributed by atoms with Gasteiger partial charge >= 0.3 is 9.24 Å². The molecule has 0 N–H and O–H groups in total. The van der Waals surface area contributed by atoms with Crippen LogP contribution in [-0.2, 0) is 9.24 Å². The molecule has 0 atom stereocenters. The summed E-state index contributed by atoms with van der Waals surface area (Å²) >= 11 is 0. The summed E-state index contributed by atoms with van der Waals surface area (Å²) in [5.74, 6) is 0.512. The molecule has 6 heteroatoms. The number of hydrogen-bond donors (Lipinski definition) is 0. The van der Waals surface area contributed by atoms with Gasteiger partial charge in [-0.15, -0.1) is 4.40 Å². The van der Waals surface area contributed by atoms with E-state index in [4.69, 9.17) is 10.7 Å². The highest BCUT2D eigenvalue weighted by Gasteiger charge is 2.56. The van der Waals surface area contributed by atoms with Gasteiger partial charge in [0.2, 0.25) is 0 Å². The Balaban J connectivity index is 3.15. The van der Waals surface area contributed by atoms with Crippen molar-refractivity contribution in [2.24, 2.45) is 9.81 Å². The molecular weight excluding hydrogens is 224 g/mol. The highest BCUT2D eigenvalue weighted by Crippen LogP contribution is 2.47. The summed E-state index contributed by atoms with van der Waals surface area (Å²) in [6.45, 7) is 7.97. The molecule has 0 bridgehead atoms. The van der Waals surface area contributed by atoms with Crippen molar-refractivity contribution in [3.05, 3.63) is 0 Å². The van der Waals surface area contributed by atoms with Crippen LogP contribution in [0.5, 0.6) is 0 Å². The molecule has 14 heavy (non-hydrogen) atoms. The maximum atomic E-state index is 10.8. The zero-order valence-corrected chi connectivity index (χ0v) is 10.6. The lowest BCUT2D eigenvalue weighted by Crippen LogP contribution is -2.71. The minimum atomic E-state index is -3.82. The van der Waals surface area contributed by atoms with Crippen LogP contribution in [0, 0.1) is 5.41 Å². The van der Waals surface area contributed by atoms with Gasteiger partial charge in [0.05, 0.1) is 0 Å². The first kappa shape index (κ1) is 11.8. The number of halogens is 1. The molecule has 0 radical (unpaired) electrons. The van der Waals surface area contributed by atoms with Crippen LogP contribution in [0.15, 0.2) is 4.40 Å². The molecule has 1 heterocycles.